The van der Waals surface area contributed by atoms with Crippen molar-refractivity contribution in [2.45, 2.75) is 39.7 Å². The molecule has 1 atom stereocenters. The van der Waals surface area contributed by atoms with Gasteiger partial charge in [-0.3, -0.25) is 4.90 Å². The Bertz CT molecular complexity index is 708. The van der Waals surface area contributed by atoms with E-state index in [9.17, 15) is 5.11 Å². The predicted octanol–water partition coefficient (Wildman–Crippen LogP) is 5.00. The van der Waals surface area contributed by atoms with E-state index in [1.807, 2.05) is 13.0 Å². The average molecular weight is 446 g/mol. The summed E-state index contributed by atoms with van der Waals surface area (Å²) in [5.74, 6) is 0.460. The number of aromatic hydroxyl groups is 1. The summed E-state index contributed by atoms with van der Waals surface area (Å²) in [7, 11) is 10.3. The number of likely N-dealkylation sites (tertiary alicyclic amines) is 1. The van der Waals surface area contributed by atoms with Crippen LogP contribution in [0.4, 0.5) is 0 Å². The Kier molecular flexibility index (Phi) is 9.99. The van der Waals surface area contributed by atoms with Gasteiger partial charge in [-0.15, -0.1) is 0 Å². The molecule has 1 saturated heterocycles. The fourth-order valence-corrected chi connectivity index (χ4v) is 4.75. The second-order valence-corrected chi connectivity index (χ2v) is 10.6. The molecule has 26 heavy (non-hydrogen) atoms. The first-order chi connectivity index (χ1) is 12.5. The maximum atomic E-state index is 10.4. The van der Waals surface area contributed by atoms with E-state index in [1.54, 1.807) is 0 Å². The summed E-state index contributed by atoms with van der Waals surface area (Å²) >= 11 is -0.556. The number of rotatable bonds is 4. The molecule has 2 aromatic carbocycles. The van der Waals surface area contributed by atoms with Crippen LogP contribution in [0.3, 0.4) is 0 Å². The van der Waals surface area contributed by atoms with Gasteiger partial charge in [0.15, 0.2) is 0 Å². The Morgan fingerprint density at radius 2 is 1.69 bits per heavy atom. The van der Waals surface area contributed by atoms with Gasteiger partial charge >= 0.3 is 35.6 Å². The second kappa shape index (κ2) is 11.7. The van der Waals surface area contributed by atoms with Crippen molar-refractivity contribution in [3.05, 3.63) is 53.1 Å². The van der Waals surface area contributed by atoms with Crippen molar-refractivity contribution in [1.82, 2.24) is 4.90 Å². The van der Waals surface area contributed by atoms with Crippen molar-refractivity contribution in [3.63, 3.8) is 0 Å². The molecular formula is C20H26Cl2NOPTi. The summed E-state index contributed by atoms with van der Waals surface area (Å²) in [5.41, 5.74) is 3.60. The van der Waals surface area contributed by atoms with E-state index in [2.05, 4.69) is 42.2 Å². The molecule has 6 heteroatoms. The zero-order valence-corrected chi connectivity index (χ0v) is 19.4. The number of benzene rings is 2. The molecule has 1 aliphatic heterocycles. The molecule has 1 heterocycles. The van der Waals surface area contributed by atoms with E-state index >= 15 is 0 Å². The Balaban J connectivity index is 0.000000758. The molecule has 0 radical (unpaired) electrons. The summed E-state index contributed by atoms with van der Waals surface area (Å²) in [6, 6.07) is 12.9. The zero-order valence-electron chi connectivity index (χ0n) is 15.4. The number of phenolic OH excluding ortho intramolecular Hbond substituents is 1. The number of hydrogen-bond acceptors (Lipinski definition) is 2. The van der Waals surface area contributed by atoms with Crippen LogP contribution in [0.1, 0.15) is 36.0 Å². The number of hydrogen-bond donors (Lipinski definition) is 1. The van der Waals surface area contributed by atoms with Crippen LogP contribution >= 0.6 is 27.2 Å². The van der Waals surface area contributed by atoms with Gasteiger partial charge in [0.05, 0.1) is 0 Å². The molecule has 140 valence electrons. The summed E-state index contributed by atoms with van der Waals surface area (Å²) in [4.78, 5) is 2.56. The minimum atomic E-state index is -0.556. The van der Waals surface area contributed by atoms with Crippen molar-refractivity contribution in [1.29, 1.82) is 0 Å². The molecule has 0 bridgehead atoms. The summed E-state index contributed by atoms with van der Waals surface area (Å²) in [6.45, 7) is 7.54. The Hall–Kier alpha value is -0.0757. The third kappa shape index (κ3) is 6.82. The second-order valence-electron chi connectivity index (χ2n) is 6.67. The van der Waals surface area contributed by atoms with E-state index in [0.29, 0.717) is 14.3 Å². The van der Waals surface area contributed by atoms with Gasteiger partial charge in [-0.1, -0.05) is 45.3 Å². The van der Waals surface area contributed by atoms with Crippen molar-refractivity contribution < 1.29 is 22.1 Å². The van der Waals surface area contributed by atoms with E-state index in [4.69, 9.17) is 18.6 Å². The van der Waals surface area contributed by atoms with Gasteiger partial charge in [0, 0.05) is 11.8 Å². The van der Waals surface area contributed by atoms with Crippen LogP contribution in [0.5, 0.6) is 5.75 Å². The molecule has 2 aromatic rings. The van der Waals surface area contributed by atoms with Gasteiger partial charge < -0.3 is 5.11 Å². The van der Waals surface area contributed by atoms with E-state index in [1.165, 1.54) is 48.8 Å². The summed E-state index contributed by atoms with van der Waals surface area (Å²) < 4.78 is 0. The Labute approximate surface area is 175 Å². The SMILES string of the molecule is Cc1cc(C)c(O)c(Pc2ccccc2CN2CCCCC2)c1.[Cl][Ti][Cl]. The Morgan fingerprint density at radius 3 is 2.38 bits per heavy atom. The number of aryl methyl sites for hydroxylation is 2. The molecular weight excluding hydrogens is 420 g/mol. The van der Waals surface area contributed by atoms with Crippen LogP contribution < -0.4 is 10.6 Å². The van der Waals surface area contributed by atoms with Crippen LogP contribution in [0.2, 0.25) is 0 Å². The molecule has 1 fully saturated rings. The average Bonchev–Trinajstić information content (AvgIpc) is 2.62. The number of piperidine rings is 1. The van der Waals surface area contributed by atoms with Crippen LogP contribution in [-0.2, 0) is 23.6 Å². The van der Waals surface area contributed by atoms with Gasteiger partial charge in [-0.05, 0) is 67.8 Å². The van der Waals surface area contributed by atoms with Crippen LogP contribution in [0, 0.1) is 13.8 Å². The van der Waals surface area contributed by atoms with Gasteiger partial charge in [-0.25, -0.2) is 0 Å². The van der Waals surface area contributed by atoms with Crippen molar-refractivity contribution >= 4 is 37.8 Å². The molecule has 2 nitrogen and oxygen atoms in total. The third-order valence-corrected chi connectivity index (χ3v) is 5.98. The molecule has 0 spiro atoms. The van der Waals surface area contributed by atoms with E-state index < -0.39 is 17.0 Å². The normalized spacial score (nSPS) is 14.9. The van der Waals surface area contributed by atoms with Gasteiger partial charge in [0.25, 0.3) is 0 Å². The van der Waals surface area contributed by atoms with Crippen LogP contribution in [0.15, 0.2) is 36.4 Å². The molecule has 0 aromatic heterocycles. The summed E-state index contributed by atoms with van der Waals surface area (Å²) in [5, 5.41) is 12.8. The molecule has 0 amide bonds. The minimum absolute atomic E-state index is 0.460. The topological polar surface area (TPSA) is 23.5 Å². The first-order valence-corrected chi connectivity index (χ1v) is 14.2. The standard InChI is InChI=1S/C20H26NOP.2ClH.Ti/c1-15-12-16(2)20(22)19(13-15)23-18-9-5-4-8-17(18)14-21-10-6-3-7-11-21;;;/h4-5,8-9,12-13,22-23H,3,6-7,10-11,14H2,1-2H3;2*1H;/q;;;+2/p-2. The fourth-order valence-electron chi connectivity index (χ4n) is 3.34. The van der Waals surface area contributed by atoms with Crippen LogP contribution in [0.25, 0.3) is 0 Å². The molecule has 1 N–H and O–H groups in total. The fraction of sp³-hybridized carbons (Fsp3) is 0.400. The van der Waals surface area contributed by atoms with Gasteiger partial charge in [-0.2, -0.15) is 0 Å². The van der Waals surface area contributed by atoms with Crippen molar-refractivity contribution in [2.24, 2.45) is 0 Å². The number of halogens is 2. The number of nitrogens with zero attached hydrogens (tertiary/aromatic N) is 1. The monoisotopic (exact) mass is 445 g/mol. The molecule has 3 rings (SSSR count). The van der Waals surface area contributed by atoms with Crippen LogP contribution in [-0.4, -0.2) is 23.1 Å². The molecule has 0 aliphatic carbocycles. The van der Waals surface area contributed by atoms with Gasteiger partial charge in [0.2, 0.25) is 0 Å². The zero-order chi connectivity index (χ0) is 18.9. The van der Waals surface area contributed by atoms with Gasteiger partial charge in [0.1, 0.15) is 5.75 Å². The first kappa shape index (κ1) is 22.2. The molecule has 0 saturated carbocycles. The predicted molar refractivity (Wildman–Crippen MR) is 112 cm³/mol. The van der Waals surface area contributed by atoms with E-state index in [0.717, 1.165) is 17.4 Å². The maximum absolute atomic E-state index is 10.4. The third-order valence-electron chi connectivity index (χ3n) is 4.57. The molecule has 1 unspecified atom stereocenters. The first-order valence-electron chi connectivity index (χ1n) is 8.89. The molecule has 1 aliphatic rings. The summed E-state index contributed by atoms with van der Waals surface area (Å²) in [6.07, 6.45) is 4.01. The van der Waals surface area contributed by atoms with E-state index in [-0.39, 0.29) is 0 Å². The quantitative estimate of drug-likeness (QED) is 0.528. The van der Waals surface area contributed by atoms with Crippen molar-refractivity contribution in [2.75, 3.05) is 13.1 Å². The Morgan fingerprint density at radius 1 is 1.04 bits per heavy atom. The van der Waals surface area contributed by atoms with Crippen molar-refractivity contribution in [3.8, 4) is 5.75 Å². The number of phenols is 1.